The Morgan fingerprint density at radius 2 is 1.66 bits per heavy atom. The lowest BCUT2D eigenvalue weighted by Gasteiger charge is -2.34. The summed E-state index contributed by atoms with van der Waals surface area (Å²) in [5, 5.41) is 3.01. The lowest BCUT2D eigenvalue weighted by atomic mass is 9.73. The summed E-state index contributed by atoms with van der Waals surface area (Å²) in [6, 6.07) is 16.5. The molecule has 0 bridgehead atoms. The smallest absolute Gasteiger partial charge is 0.225 e. The zero-order chi connectivity index (χ0) is 20.8. The zero-order valence-electron chi connectivity index (χ0n) is 17.1. The maximum atomic E-state index is 13.2. The molecule has 0 aromatic heterocycles. The Hall–Kier alpha value is -2.20. The van der Waals surface area contributed by atoms with Crippen LogP contribution in [0.2, 0.25) is 0 Å². The monoisotopic (exact) mass is 451 g/mol. The van der Waals surface area contributed by atoms with Gasteiger partial charge in [-0.25, -0.2) is 0 Å². The minimum absolute atomic E-state index is 0.00902. The van der Waals surface area contributed by atoms with E-state index in [4.69, 9.17) is 0 Å². The van der Waals surface area contributed by atoms with Crippen LogP contribution in [0.3, 0.4) is 0 Å². The molecule has 2 unspecified atom stereocenters. The first-order chi connectivity index (χ1) is 13.7. The van der Waals surface area contributed by atoms with Crippen molar-refractivity contribution in [2.24, 2.45) is 0 Å². The molecular weight excluding hydrogens is 426 g/mol. The van der Waals surface area contributed by atoms with E-state index in [1.807, 2.05) is 24.3 Å². The van der Waals surface area contributed by atoms with Gasteiger partial charge in [0.15, 0.2) is 5.78 Å². The standard InChI is InChI=1S/C25H26BrNO2/c1-25(2,3)18-9-7-15(8-10-18)17-12-21-24(22(28)13-17)20(14-23(29)27-21)16-5-4-6-19(26)11-16/h4-11,17,20H,12-14H2,1-3H3,(H,27,29). The first-order valence-corrected chi connectivity index (χ1v) is 10.9. The van der Waals surface area contributed by atoms with Crippen LogP contribution in [-0.4, -0.2) is 11.7 Å². The predicted octanol–water partition coefficient (Wildman–Crippen LogP) is 5.75. The third-order valence-corrected chi connectivity index (χ3v) is 6.53. The highest BCUT2D eigenvalue weighted by Crippen LogP contribution is 2.43. The van der Waals surface area contributed by atoms with Gasteiger partial charge in [-0.3, -0.25) is 9.59 Å². The average Bonchev–Trinajstić information content (AvgIpc) is 2.66. The SMILES string of the molecule is CC(C)(C)c1ccc(C2CC(=O)C3=C(C2)NC(=O)CC3c2cccc(Br)c2)cc1. The summed E-state index contributed by atoms with van der Waals surface area (Å²) in [4.78, 5) is 25.6. The van der Waals surface area contributed by atoms with E-state index in [1.54, 1.807) is 0 Å². The summed E-state index contributed by atoms with van der Waals surface area (Å²) < 4.78 is 0.961. The van der Waals surface area contributed by atoms with Crippen molar-refractivity contribution in [3.63, 3.8) is 0 Å². The first-order valence-electron chi connectivity index (χ1n) is 10.1. The molecule has 29 heavy (non-hydrogen) atoms. The van der Waals surface area contributed by atoms with Crippen LogP contribution in [0.4, 0.5) is 0 Å². The van der Waals surface area contributed by atoms with Crippen LogP contribution in [0.5, 0.6) is 0 Å². The van der Waals surface area contributed by atoms with Crippen molar-refractivity contribution in [2.45, 2.75) is 57.3 Å². The van der Waals surface area contributed by atoms with E-state index < -0.39 is 0 Å². The van der Waals surface area contributed by atoms with Gasteiger partial charge in [0, 0.05) is 34.5 Å². The highest BCUT2D eigenvalue weighted by molar-refractivity contribution is 9.10. The van der Waals surface area contributed by atoms with Gasteiger partial charge < -0.3 is 5.32 Å². The van der Waals surface area contributed by atoms with E-state index >= 15 is 0 Å². The minimum Gasteiger partial charge on any atom is -0.329 e. The quantitative estimate of drug-likeness (QED) is 0.631. The van der Waals surface area contributed by atoms with E-state index in [-0.39, 0.29) is 28.9 Å². The van der Waals surface area contributed by atoms with Crippen molar-refractivity contribution in [3.05, 3.63) is 81.0 Å². The Kier molecular flexibility index (Phi) is 5.24. The molecule has 0 saturated heterocycles. The van der Waals surface area contributed by atoms with E-state index in [0.29, 0.717) is 19.3 Å². The van der Waals surface area contributed by atoms with Crippen LogP contribution >= 0.6 is 15.9 Å². The van der Waals surface area contributed by atoms with Gasteiger partial charge in [0.1, 0.15) is 0 Å². The molecular formula is C25H26BrNO2. The first kappa shape index (κ1) is 20.1. The number of carbonyl (C=O) groups is 2. The molecule has 0 spiro atoms. The van der Waals surface area contributed by atoms with Gasteiger partial charge in [0.2, 0.25) is 5.91 Å². The van der Waals surface area contributed by atoms with Crippen molar-refractivity contribution in [1.29, 1.82) is 0 Å². The fourth-order valence-electron chi connectivity index (χ4n) is 4.46. The Morgan fingerprint density at radius 3 is 2.31 bits per heavy atom. The van der Waals surface area contributed by atoms with Crippen LogP contribution in [0.15, 0.2) is 64.3 Å². The van der Waals surface area contributed by atoms with Gasteiger partial charge in [0.05, 0.1) is 0 Å². The van der Waals surface area contributed by atoms with Gasteiger partial charge in [-0.05, 0) is 46.6 Å². The van der Waals surface area contributed by atoms with Crippen molar-refractivity contribution in [2.75, 3.05) is 0 Å². The van der Waals surface area contributed by atoms with E-state index in [9.17, 15) is 9.59 Å². The predicted molar refractivity (Wildman–Crippen MR) is 119 cm³/mol. The zero-order valence-corrected chi connectivity index (χ0v) is 18.7. The number of hydrogen-bond acceptors (Lipinski definition) is 2. The Bertz CT molecular complexity index is 998. The van der Waals surface area contributed by atoms with Gasteiger partial charge >= 0.3 is 0 Å². The second kappa shape index (κ2) is 7.56. The number of rotatable bonds is 2. The number of hydrogen-bond donors (Lipinski definition) is 1. The van der Waals surface area contributed by atoms with Gasteiger partial charge in [-0.2, -0.15) is 0 Å². The van der Waals surface area contributed by atoms with Crippen LogP contribution in [0.25, 0.3) is 0 Å². The molecule has 4 rings (SSSR count). The summed E-state index contributed by atoms with van der Waals surface area (Å²) in [6.45, 7) is 6.59. The Balaban J connectivity index is 1.66. The van der Waals surface area contributed by atoms with Crippen molar-refractivity contribution >= 4 is 27.6 Å². The summed E-state index contributed by atoms with van der Waals surface area (Å²) in [5.41, 5.74) is 5.17. The number of halogens is 1. The molecule has 0 saturated carbocycles. The third-order valence-electron chi connectivity index (χ3n) is 6.04. The Labute approximate surface area is 180 Å². The molecule has 0 radical (unpaired) electrons. The molecule has 1 aliphatic carbocycles. The van der Waals surface area contributed by atoms with Crippen molar-refractivity contribution in [3.8, 4) is 0 Å². The van der Waals surface area contributed by atoms with Crippen molar-refractivity contribution < 1.29 is 9.59 Å². The van der Waals surface area contributed by atoms with Crippen LogP contribution in [0, 0.1) is 0 Å². The lowest BCUT2D eigenvalue weighted by molar-refractivity contribution is -0.122. The number of allylic oxidation sites excluding steroid dienone is 2. The summed E-state index contributed by atoms with van der Waals surface area (Å²) in [7, 11) is 0. The molecule has 4 heteroatoms. The minimum atomic E-state index is -0.159. The average molecular weight is 452 g/mol. The summed E-state index contributed by atoms with van der Waals surface area (Å²) in [6.07, 6.45) is 1.52. The van der Waals surface area contributed by atoms with E-state index in [0.717, 1.165) is 26.9 Å². The fourth-order valence-corrected chi connectivity index (χ4v) is 4.88. The highest BCUT2D eigenvalue weighted by Gasteiger charge is 2.38. The normalized spacial score (nSPS) is 22.3. The molecule has 2 aromatic rings. The van der Waals surface area contributed by atoms with Gasteiger partial charge in [-0.1, -0.05) is 73.1 Å². The summed E-state index contributed by atoms with van der Waals surface area (Å²) in [5.74, 6) is 0.0937. The molecule has 1 N–H and O–H groups in total. The number of nitrogens with one attached hydrogen (secondary N) is 1. The lowest BCUT2D eigenvalue weighted by Crippen LogP contribution is -2.38. The van der Waals surface area contributed by atoms with Crippen LogP contribution < -0.4 is 5.32 Å². The van der Waals surface area contributed by atoms with E-state index in [1.165, 1.54) is 5.56 Å². The largest absolute Gasteiger partial charge is 0.329 e. The topological polar surface area (TPSA) is 46.2 Å². The highest BCUT2D eigenvalue weighted by atomic mass is 79.9. The number of ketones is 1. The summed E-state index contributed by atoms with van der Waals surface area (Å²) >= 11 is 3.51. The molecule has 2 aliphatic rings. The molecule has 1 amide bonds. The van der Waals surface area contributed by atoms with Crippen molar-refractivity contribution in [1.82, 2.24) is 5.32 Å². The molecule has 3 nitrogen and oxygen atoms in total. The molecule has 0 fully saturated rings. The second-order valence-corrected chi connectivity index (χ2v) is 10.1. The number of amides is 1. The number of carbonyl (C=O) groups excluding carboxylic acids is 2. The maximum absolute atomic E-state index is 13.2. The second-order valence-electron chi connectivity index (χ2n) is 9.15. The molecule has 150 valence electrons. The van der Waals surface area contributed by atoms with Crippen LogP contribution in [0.1, 0.15) is 68.6 Å². The molecule has 1 aliphatic heterocycles. The molecule has 1 heterocycles. The van der Waals surface area contributed by atoms with Gasteiger partial charge in [-0.15, -0.1) is 0 Å². The Morgan fingerprint density at radius 1 is 0.931 bits per heavy atom. The molecule has 2 atom stereocenters. The van der Waals surface area contributed by atoms with Gasteiger partial charge in [0.25, 0.3) is 0 Å². The fraction of sp³-hybridized carbons (Fsp3) is 0.360. The number of Topliss-reactive ketones (excluding diaryl/α,β-unsaturated/α-hetero) is 1. The maximum Gasteiger partial charge on any atom is 0.225 e. The number of benzene rings is 2. The third kappa shape index (κ3) is 4.09. The van der Waals surface area contributed by atoms with E-state index in [2.05, 4.69) is 66.3 Å². The van der Waals surface area contributed by atoms with Crippen LogP contribution in [-0.2, 0) is 15.0 Å². The molecule has 2 aromatic carbocycles.